The SMILES string of the molecule is O=C(Nc1ccc(Cl)cc1[N+](=O)[O-])c1ccc(CBr)cc1. The molecule has 0 aliphatic heterocycles. The summed E-state index contributed by atoms with van der Waals surface area (Å²) >= 11 is 9.04. The second-order valence-electron chi connectivity index (χ2n) is 4.20. The van der Waals surface area contributed by atoms with Gasteiger partial charge in [-0.3, -0.25) is 14.9 Å². The van der Waals surface area contributed by atoms with Crippen molar-refractivity contribution >= 4 is 44.8 Å². The lowest BCUT2D eigenvalue weighted by Crippen LogP contribution is -2.13. The molecule has 0 bridgehead atoms. The highest BCUT2D eigenvalue weighted by Gasteiger charge is 2.17. The van der Waals surface area contributed by atoms with Crippen molar-refractivity contribution in [2.45, 2.75) is 5.33 Å². The van der Waals surface area contributed by atoms with Crippen molar-refractivity contribution in [2.75, 3.05) is 5.32 Å². The number of nitrogens with zero attached hydrogens (tertiary/aromatic N) is 1. The molecule has 0 radical (unpaired) electrons. The number of benzene rings is 2. The molecule has 5 nitrogen and oxygen atoms in total. The van der Waals surface area contributed by atoms with E-state index in [9.17, 15) is 14.9 Å². The second-order valence-corrected chi connectivity index (χ2v) is 5.20. The van der Waals surface area contributed by atoms with Crippen molar-refractivity contribution in [2.24, 2.45) is 0 Å². The molecule has 1 amide bonds. The minimum absolute atomic E-state index is 0.110. The third kappa shape index (κ3) is 3.80. The summed E-state index contributed by atoms with van der Waals surface area (Å²) in [5.41, 5.74) is 1.32. The minimum atomic E-state index is -0.588. The third-order valence-corrected chi connectivity index (χ3v) is 3.66. The Morgan fingerprint density at radius 1 is 1.24 bits per heavy atom. The van der Waals surface area contributed by atoms with Crippen molar-refractivity contribution in [3.8, 4) is 0 Å². The number of rotatable bonds is 4. The number of halogens is 2. The molecule has 0 unspecified atom stereocenters. The van der Waals surface area contributed by atoms with E-state index in [1.54, 1.807) is 24.3 Å². The zero-order chi connectivity index (χ0) is 15.4. The molecule has 0 atom stereocenters. The third-order valence-electron chi connectivity index (χ3n) is 2.78. The standard InChI is InChI=1S/C14H10BrClN2O3/c15-8-9-1-3-10(4-2-9)14(19)17-12-6-5-11(16)7-13(12)18(20)21/h1-7H,8H2,(H,17,19). The van der Waals surface area contributed by atoms with E-state index in [1.165, 1.54) is 18.2 Å². The molecule has 0 saturated carbocycles. The maximum Gasteiger partial charge on any atom is 0.294 e. The number of nitro groups is 1. The van der Waals surface area contributed by atoms with Gasteiger partial charge in [0.25, 0.3) is 11.6 Å². The molecule has 1 N–H and O–H groups in total. The summed E-state index contributed by atoms with van der Waals surface area (Å²) in [5, 5.41) is 14.4. The number of nitro benzene ring substituents is 1. The number of hydrogen-bond donors (Lipinski definition) is 1. The molecule has 0 fully saturated rings. The monoisotopic (exact) mass is 368 g/mol. The molecule has 21 heavy (non-hydrogen) atoms. The first-order chi connectivity index (χ1) is 10.0. The van der Waals surface area contributed by atoms with Crippen molar-refractivity contribution in [1.82, 2.24) is 0 Å². The van der Waals surface area contributed by atoms with Crippen molar-refractivity contribution in [3.63, 3.8) is 0 Å². The van der Waals surface area contributed by atoms with E-state index in [-0.39, 0.29) is 16.4 Å². The van der Waals surface area contributed by atoms with Gasteiger partial charge in [-0.05, 0) is 29.8 Å². The highest BCUT2D eigenvalue weighted by atomic mass is 79.9. The van der Waals surface area contributed by atoms with Gasteiger partial charge < -0.3 is 5.32 Å². The summed E-state index contributed by atoms with van der Waals surface area (Å²) in [6.07, 6.45) is 0. The summed E-state index contributed by atoms with van der Waals surface area (Å²) in [6.45, 7) is 0. The van der Waals surface area contributed by atoms with Crippen LogP contribution in [0, 0.1) is 10.1 Å². The molecule has 2 aromatic carbocycles. The lowest BCUT2D eigenvalue weighted by atomic mass is 10.1. The van der Waals surface area contributed by atoms with Gasteiger partial charge in [-0.15, -0.1) is 0 Å². The molecule has 0 heterocycles. The van der Waals surface area contributed by atoms with E-state index in [2.05, 4.69) is 21.2 Å². The van der Waals surface area contributed by atoms with Crippen molar-refractivity contribution in [3.05, 3.63) is 68.7 Å². The molecule has 0 aliphatic carbocycles. The average molecular weight is 370 g/mol. The Morgan fingerprint density at radius 2 is 1.90 bits per heavy atom. The number of anilines is 1. The largest absolute Gasteiger partial charge is 0.316 e. The first-order valence-electron chi connectivity index (χ1n) is 5.91. The Balaban J connectivity index is 2.24. The maximum atomic E-state index is 12.1. The van der Waals surface area contributed by atoms with E-state index in [1.807, 2.05) is 0 Å². The van der Waals surface area contributed by atoms with Crippen LogP contribution in [0.25, 0.3) is 0 Å². The van der Waals surface area contributed by atoms with Gasteiger partial charge in [0, 0.05) is 22.0 Å². The Morgan fingerprint density at radius 3 is 2.48 bits per heavy atom. The fourth-order valence-electron chi connectivity index (χ4n) is 1.70. The van der Waals surface area contributed by atoms with Crippen molar-refractivity contribution < 1.29 is 9.72 Å². The van der Waals surface area contributed by atoms with E-state index in [0.717, 1.165) is 5.56 Å². The molecule has 0 aromatic heterocycles. The summed E-state index contributed by atoms with van der Waals surface area (Å²) in [6, 6.07) is 11.0. The van der Waals surface area contributed by atoms with Gasteiger partial charge in [-0.25, -0.2) is 0 Å². The van der Waals surface area contributed by atoms with Gasteiger partial charge in [0.2, 0.25) is 0 Å². The first kappa shape index (κ1) is 15.5. The fourth-order valence-corrected chi connectivity index (χ4v) is 2.24. The van der Waals surface area contributed by atoms with Crippen LogP contribution in [0.5, 0.6) is 0 Å². The van der Waals surface area contributed by atoms with Gasteiger partial charge in [0.15, 0.2) is 0 Å². The average Bonchev–Trinajstić information content (AvgIpc) is 2.49. The van der Waals surface area contributed by atoms with Crippen LogP contribution in [0.3, 0.4) is 0 Å². The van der Waals surface area contributed by atoms with Crippen LogP contribution in [0.15, 0.2) is 42.5 Å². The predicted octanol–water partition coefficient (Wildman–Crippen LogP) is 4.40. The van der Waals surface area contributed by atoms with Crippen LogP contribution < -0.4 is 5.32 Å². The van der Waals surface area contributed by atoms with Crippen LogP contribution in [-0.2, 0) is 5.33 Å². The quantitative estimate of drug-likeness (QED) is 0.493. The Bertz CT molecular complexity index is 689. The Kier molecular flexibility index (Phi) is 4.93. The zero-order valence-corrected chi connectivity index (χ0v) is 13.0. The topological polar surface area (TPSA) is 72.2 Å². The summed E-state index contributed by atoms with van der Waals surface area (Å²) in [7, 11) is 0. The normalized spacial score (nSPS) is 10.2. The molecular weight excluding hydrogens is 360 g/mol. The summed E-state index contributed by atoms with van der Waals surface area (Å²) in [4.78, 5) is 22.5. The van der Waals surface area contributed by atoms with Crippen LogP contribution in [0.2, 0.25) is 5.02 Å². The van der Waals surface area contributed by atoms with E-state index < -0.39 is 10.8 Å². The molecule has 2 aromatic rings. The number of carbonyl (C=O) groups excluding carboxylic acids is 1. The number of amides is 1. The fraction of sp³-hybridized carbons (Fsp3) is 0.0714. The Hall–Kier alpha value is -1.92. The minimum Gasteiger partial charge on any atom is -0.316 e. The van der Waals surface area contributed by atoms with Crippen LogP contribution >= 0.6 is 27.5 Å². The second kappa shape index (κ2) is 6.69. The number of carbonyl (C=O) groups is 1. The smallest absolute Gasteiger partial charge is 0.294 e. The predicted molar refractivity (Wildman–Crippen MR) is 85.1 cm³/mol. The molecule has 108 valence electrons. The molecule has 7 heteroatoms. The van der Waals surface area contributed by atoms with E-state index in [0.29, 0.717) is 10.9 Å². The van der Waals surface area contributed by atoms with Gasteiger partial charge in [-0.1, -0.05) is 39.7 Å². The van der Waals surface area contributed by atoms with Crippen LogP contribution in [0.1, 0.15) is 15.9 Å². The van der Waals surface area contributed by atoms with Crippen molar-refractivity contribution in [1.29, 1.82) is 0 Å². The molecule has 2 rings (SSSR count). The molecule has 0 aliphatic rings. The maximum absolute atomic E-state index is 12.1. The van der Waals surface area contributed by atoms with E-state index >= 15 is 0 Å². The molecule has 0 spiro atoms. The van der Waals surface area contributed by atoms with Gasteiger partial charge >= 0.3 is 0 Å². The van der Waals surface area contributed by atoms with E-state index in [4.69, 9.17) is 11.6 Å². The van der Waals surface area contributed by atoms with Crippen LogP contribution in [0.4, 0.5) is 11.4 Å². The number of alkyl halides is 1. The lowest BCUT2D eigenvalue weighted by molar-refractivity contribution is -0.383. The zero-order valence-electron chi connectivity index (χ0n) is 10.7. The molecular formula is C14H10BrClN2O3. The first-order valence-corrected chi connectivity index (χ1v) is 7.41. The summed E-state index contributed by atoms with van der Waals surface area (Å²) < 4.78 is 0. The van der Waals surface area contributed by atoms with Gasteiger partial charge in [0.05, 0.1) is 4.92 Å². The number of nitrogens with one attached hydrogen (secondary N) is 1. The van der Waals surface area contributed by atoms with Crippen LogP contribution in [-0.4, -0.2) is 10.8 Å². The Labute approximate surface area is 134 Å². The highest BCUT2D eigenvalue weighted by Crippen LogP contribution is 2.28. The number of hydrogen-bond acceptors (Lipinski definition) is 3. The lowest BCUT2D eigenvalue weighted by Gasteiger charge is -2.07. The highest BCUT2D eigenvalue weighted by molar-refractivity contribution is 9.08. The molecule has 0 saturated heterocycles. The van der Waals surface area contributed by atoms with Gasteiger partial charge in [0.1, 0.15) is 5.69 Å². The van der Waals surface area contributed by atoms with Gasteiger partial charge in [-0.2, -0.15) is 0 Å². The summed E-state index contributed by atoms with van der Waals surface area (Å²) in [5.74, 6) is -0.415.